The molecule has 6 nitrogen and oxygen atoms in total. The van der Waals surface area contributed by atoms with E-state index < -0.39 is 11.7 Å². The van der Waals surface area contributed by atoms with Crippen molar-refractivity contribution in [3.63, 3.8) is 0 Å². The van der Waals surface area contributed by atoms with Gasteiger partial charge in [-0.05, 0) is 42.3 Å². The summed E-state index contributed by atoms with van der Waals surface area (Å²) < 4.78 is 55.9. The molecule has 0 atom stereocenters. The number of nitrogens with zero attached hydrogens (tertiary/aromatic N) is 2. The lowest BCUT2D eigenvalue weighted by Crippen LogP contribution is -2.37. The zero-order valence-electron chi connectivity index (χ0n) is 21.7. The number of aldehydes is 1. The summed E-state index contributed by atoms with van der Waals surface area (Å²) in [4.78, 5) is 18.6. The van der Waals surface area contributed by atoms with Crippen molar-refractivity contribution < 1.29 is 32.2 Å². The van der Waals surface area contributed by atoms with E-state index >= 15 is 0 Å². The number of aromatic nitrogens is 1. The maximum absolute atomic E-state index is 13.1. The highest BCUT2D eigenvalue weighted by atomic mass is 32.2. The van der Waals surface area contributed by atoms with E-state index in [0.29, 0.717) is 48.5 Å². The third-order valence-corrected chi connectivity index (χ3v) is 6.97. The van der Waals surface area contributed by atoms with E-state index in [4.69, 9.17) is 14.2 Å². The first-order chi connectivity index (χ1) is 18.7. The number of alkyl halides is 3. The number of morpholine rings is 1. The van der Waals surface area contributed by atoms with Gasteiger partial charge >= 0.3 is 6.18 Å². The molecular formula is C29H31F3N2O4S. The van der Waals surface area contributed by atoms with Crippen LogP contribution in [0.3, 0.4) is 0 Å². The summed E-state index contributed by atoms with van der Waals surface area (Å²) in [7, 11) is 0. The molecule has 10 heteroatoms. The zero-order valence-corrected chi connectivity index (χ0v) is 22.5. The highest BCUT2D eigenvalue weighted by molar-refractivity contribution is 7.99. The van der Waals surface area contributed by atoms with Gasteiger partial charge in [-0.1, -0.05) is 31.4 Å². The summed E-state index contributed by atoms with van der Waals surface area (Å²) in [5, 5.41) is 0.621. The molecule has 1 aliphatic rings. The van der Waals surface area contributed by atoms with Crippen molar-refractivity contribution in [2.75, 3.05) is 45.2 Å². The number of carbonyl (C=O) groups is 1. The first-order valence-electron chi connectivity index (χ1n) is 12.2. The molecule has 0 radical (unpaired) electrons. The van der Waals surface area contributed by atoms with E-state index in [-0.39, 0.29) is 17.9 Å². The molecule has 1 saturated heterocycles. The second kappa shape index (κ2) is 14.7. The van der Waals surface area contributed by atoms with Crippen molar-refractivity contribution in [2.45, 2.75) is 18.0 Å². The molecule has 3 rings (SSSR count). The number of ether oxygens (including phenoxy) is 3. The van der Waals surface area contributed by atoms with Crippen LogP contribution in [0.1, 0.15) is 12.5 Å². The largest absolute Gasteiger partial charge is 0.482 e. The molecule has 2 heterocycles. The molecule has 0 N–H and O–H groups in total. The van der Waals surface area contributed by atoms with Crippen LogP contribution >= 0.6 is 11.8 Å². The Morgan fingerprint density at radius 3 is 2.69 bits per heavy atom. The molecule has 0 spiro atoms. The van der Waals surface area contributed by atoms with E-state index in [1.807, 2.05) is 13.0 Å². The van der Waals surface area contributed by atoms with Gasteiger partial charge in [0.15, 0.2) is 12.0 Å². The van der Waals surface area contributed by atoms with Crippen LogP contribution in [0.4, 0.5) is 13.2 Å². The highest BCUT2D eigenvalue weighted by Gasteiger charge is 2.30. The molecule has 1 aromatic carbocycles. The summed E-state index contributed by atoms with van der Waals surface area (Å²) in [6.07, 6.45) is 4.13. The molecule has 2 aromatic rings. The van der Waals surface area contributed by atoms with Gasteiger partial charge in [-0.15, -0.1) is 11.8 Å². The smallest absolute Gasteiger partial charge is 0.416 e. The van der Waals surface area contributed by atoms with Crippen LogP contribution < -0.4 is 0 Å². The summed E-state index contributed by atoms with van der Waals surface area (Å²) in [5.74, 6) is 1.16. The van der Waals surface area contributed by atoms with E-state index in [9.17, 15) is 18.0 Å². The fourth-order valence-corrected chi connectivity index (χ4v) is 4.76. The standard InChI is InChI=1S/C29H31F3N2O4S/c1-4-6-22(20-39-28-9-10-33-27-15-23(29(30,31)32)7-8-26(27)28)21(3)18-37-25(17-35)19-38-24(5-2)16-34-11-13-36-14-12-34/h4-10,15,17,19H,1,3,11-14,16,18,20H2,2H3/b22-6-,24-5-,25-19+. The molecular weight excluding hydrogens is 529 g/mol. The highest BCUT2D eigenvalue weighted by Crippen LogP contribution is 2.34. The fourth-order valence-electron chi connectivity index (χ4n) is 3.66. The number of hydrogen-bond donors (Lipinski definition) is 0. The molecule has 0 aliphatic carbocycles. The van der Waals surface area contributed by atoms with Gasteiger partial charge in [-0.3, -0.25) is 14.7 Å². The Labute approximate surface area is 230 Å². The Balaban J connectivity index is 1.60. The Kier molecular flexibility index (Phi) is 11.4. The number of rotatable bonds is 13. The molecule has 0 saturated carbocycles. The summed E-state index contributed by atoms with van der Waals surface area (Å²) >= 11 is 1.43. The van der Waals surface area contributed by atoms with E-state index in [1.165, 1.54) is 30.3 Å². The lowest BCUT2D eigenvalue weighted by molar-refractivity contribution is -0.137. The number of hydrogen-bond acceptors (Lipinski definition) is 7. The van der Waals surface area contributed by atoms with Gasteiger partial charge < -0.3 is 14.2 Å². The number of thioether (sulfide) groups is 1. The van der Waals surface area contributed by atoms with Crippen LogP contribution in [0.5, 0.6) is 0 Å². The summed E-state index contributed by atoms with van der Waals surface area (Å²) in [6, 6.07) is 5.28. The van der Waals surface area contributed by atoms with Crippen molar-refractivity contribution in [2.24, 2.45) is 0 Å². The van der Waals surface area contributed by atoms with Crippen LogP contribution in [0, 0.1) is 0 Å². The van der Waals surface area contributed by atoms with Crippen LogP contribution in [0.25, 0.3) is 10.9 Å². The van der Waals surface area contributed by atoms with E-state index in [0.717, 1.165) is 35.7 Å². The van der Waals surface area contributed by atoms with Gasteiger partial charge in [0.05, 0.1) is 30.8 Å². The van der Waals surface area contributed by atoms with Crippen molar-refractivity contribution in [1.82, 2.24) is 9.88 Å². The molecule has 0 bridgehead atoms. The minimum Gasteiger partial charge on any atom is -0.482 e. The molecule has 39 heavy (non-hydrogen) atoms. The number of fused-ring (bicyclic) bond motifs is 1. The van der Waals surface area contributed by atoms with Gasteiger partial charge in [0, 0.05) is 35.3 Å². The van der Waals surface area contributed by atoms with E-state index in [2.05, 4.69) is 23.0 Å². The second-order valence-electron chi connectivity index (χ2n) is 8.55. The van der Waals surface area contributed by atoms with Gasteiger partial charge in [-0.2, -0.15) is 13.2 Å². The van der Waals surface area contributed by atoms with Gasteiger partial charge in [0.2, 0.25) is 0 Å². The molecule has 0 unspecified atom stereocenters. The maximum Gasteiger partial charge on any atom is 0.416 e. The third-order valence-electron chi connectivity index (χ3n) is 5.85. The Morgan fingerprint density at radius 1 is 1.26 bits per heavy atom. The quantitative estimate of drug-likeness (QED) is 0.0934. The summed E-state index contributed by atoms with van der Waals surface area (Å²) in [5.41, 5.74) is 0.945. The van der Waals surface area contributed by atoms with E-state index in [1.54, 1.807) is 18.2 Å². The fraction of sp³-hybridized carbons (Fsp3) is 0.310. The molecule has 1 fully saturated rings. The van der Waals surface area contributed by atoms with Crippen molar-refractivity contribution in [3.05, 3.63) is 96.3 Å². The lowest BCUT2D eigenvalue weighted by Gasteiger charge is -2.26. The number of allylic oxidation sites excluding steroid dienone is 4. The predicted octanol–water partition coefficient (Wildman–Crippen LogP) is 6.32. The number of carbonyl (C=O) groups excluding carboxylic acids is 1. The third kappa shape index (κ3) is 9.12. The predicted molar refractivity (Wildman–Crippen MR) is 147 cm³/mol. The minimum atomic E-state index is -4.44. The van der Waals surface area contributed by atoms with Gasteiger partial charge in [-0.25, -0.2) is 0 Å². The molecule has 0 amide bonds. The molecule has 1 aliphatic heterocycles. The monoisotopic (exact) mass is 560 g/mol. The number of halogens is 3. The van der Waals surface area contributed by atoms with Crippen molar-refractivity contribution >= 4 is 29.0 Å². The first-order valence-corrected chi connectivity index (χ1v) is 13.2. The maximum atomic E-state index is 13.1. The minimum absolute atomic E-state index is 0.0173. The van der Waals surface area contributed by atoms with Crippen LogP contribution in [0.15, 0.2) is 95.7 Å². The Bertz CT molecular complexity index is 1260. The normalized spacial score (nSPS) is 15.7. The molecule has 1 aromatic heterocycles. The lowest BCUT2D eigenvalue weighted by atomic mass is 10.1. The average Bonchev–Trinajstić information content (AvgIpc) is 2.94. The average molecular weight is 561 g/mol. The Morgan fingerprint density at radius 2 is 2.03 bits per heavy atom. The van der Waals surface area contributed by atoms with Crippen LogP contribution in [-0.4, -0.2) is 61.4 Å². The number of benzene rings is 1. The van der Waals surface area contributed by atoms with Gasteiger partial charge in [0.1, 0.15) is 18.6 Å². The van der Waals surface area contributed by atoms with Crippen molar-refractivity contribution in [3.8, 4) is 0 Å². The SMILES string of the molecule is C=C/C=C(/CSc1ccnc2cc(C(F)(F)F)ccc12)C(=C)CO/C(C=O)=C/O/C(=C\C)CN1CCOCC1. The van der Waals surface area contributed by atoms with Crippen LogP contribution in [0.2, 0.25) is 0 Å². The zero-order chi connectivity index (χ0) is 28.3. The first kappa shape index (κ1) is 30.2. The molecule has 208 valence electrons. The van der Waals surface area contributed by atoms with Crippen molar-refractivity contribution in [1.29, 1.82) is 0 Å². The summed E-state index contributed by atoms with van der Waals surface area (Å²) in [6.45, 7) is 13.3. The Hall–Kier alpha value is -3.34. The number of pyridine rings is 1. The van der Waals surface area contributed by atoms with Crippen LogP contribution in [-0.2, 0) is 25.2 Å². The van der Waals surface area contributed by atoms with Gasteiger partial charge in [0.25, 0.3) is 0 Å². The second-order valence-corrected chi connectivity index (χ2v) is 9.56. The topological polar surface area (TPSA) is 60.9 Å².